The Morgan fingerprint density at radius 2 is 2.00 bits per heavy atom. The van der Waals surface area contributed by atoms with E-state index in [9.17, 15) is 18.0 Å². The Labute approximate surface area is 200 Å². The molecule has 1 amide bonds. The number of carbonyl (C=O) groups is 1. The average Bonchev–Trinajstić information content (AvgIpc) is 2.71. The topological polar surface area (TPSA) is 53.6 Å². The van der Waals surface area contributed by atoms with Gasteiger partial charge in [-0.25, -0.2) is 0 Å². The van der Waals surface area contributed by atoms with Crippen molar-refractivity contribution in [3.8, 4) is 5.75 Å². The summed E-state index contributed by atoms with van der Waals surface area (Å²) in [5.74, 6) is 0.172. The molecule has 0 aliphatic heterocycles. The lowest BCUT2D eigenvalue weighted by molar-refractivity contribution is -0.199. The molecule has 0 radical (unpaired) electrons. The standard InChI is InChI=1S/C22H28BrClF3N3O2/c1-4-30(5-2)10-11-32-19-7-6-15(12-17(19)24)29-20(31)14-28-18-8-9-21(3,13-16(18)23)22(25,26)27/h6-8,12-13,28H,4-5,9-11,14H2,1-3H3,(H,29,31). The zero-order chi connectivity index (χ0) is 23.9. The van der Waals surface area contributed by atoms with Gasteiger partial charge in [0.1, 0.15) is 12.4 Å². The van der Waals surface area contributed by atoms with E-state index in [4.69, 9.17) is 16.3 Å². The number of allylic oxidation sites excluding steroid dienone is 3. The second kappa shape index (κ2) is 11.4. The first-order chi connectivity index (χ1) is 15.0. The molecule has 10 heteroatoms. The van der Waals surface area contributed by atoms with Gasteiger partial charge in [-0.1, -0.05) is 37.6 Å². The number of halogens is 5. The predicted octanol–water partition coefficient (Wildman–Crippen LogP) is 5.72. The number of rotatable bonds is 10. The maximum atomic E-state index is 13.2. The van der Waals surface area contributed by atoms with Crippen LogP contribution in [0.4, 0.5) is 18.9 Å². The van der Waals surface area contributed by atoms with E-state index >= 15 is 0 Å². The van der Waals surface area contributed by atoms with Crippen molar-refractivity contribution in [3.63, 3.8) is 0 Å². The van der Waals surface area contributed by atoms with Gasteiger partial charge in [0.15, 0.2) is 0 Å². The molecule has 0 aromatic heterocycles. The molecule has 1 atom stereocenters. The van der Waals surface area contributed by atoms with Crippen molar-refractivity contribution in [3.05, 3.63) is 45.6 Å². The SMILES string of the molecule is CCN(CC)CCOc1ccc(NC(=O)CNC2=CCC(C)(C(F)(F)F)C=C2Br)cc1Cl. The molecule has 0 bridgehead atoms. The predicted molar refractivity (Wildman–Crippen MR) is 125 cm³/mol. The summed E-state index contributed by atoms with van der Waals surface area (Å²) in [6, 6.07) is 4.96. The van der Waals surface area contributed by atoms with E-state index in [1.165, 1.54) is 6.08 Å². The fourth-order valence-corrected chi connectivity index (χ4v) is 4.13. The smallest absolute Gasteiger partial charge is 0.397 e. The minimum atomic E-state index is -4.36. The van der Waals surface area contributed by atoms with Gasteiger partial charge < -0.3 is 20.3 Å². The largest absolute Gasteiger partial charge is 0.491 e. The summed E-state index contributed by atoms with van der Waals surface area (Å²) >= 11 is 9.42. The van der Waals surface area contributed by atoms with Crippen LogP contribution >= 0.6 is 27.5 Å². The van der Waals surface area contributed by atoms with Crippen LogP contribution in [0, 0.1) is 5.41 Å². The Bertz CT molecular complexity index is 872. The second-order valence-corrected chi connectivity index (χ2v) is 8.91. The lowest BCUT2D eigenvalue weighted by Crippen LogP contribution is -2.36. The molecule has 0 fully saturated rings. The molecule has 5 nitrogen and oxygen atoms in total. The van der Waals surface area contributed by atoms with Crippen LogP contribution < -0.4 is 15.4 Å². The molecule has 1 aliphatic carbocycles. The summed E-state index contributed by atoms with van der Waals surface area (Å²) in [7, 11) is 0. The van der Waals surface area contributed by atoms with Gasteiger partial charge >= 0.3 is 6.18 Å². The zero-order valence-electron chi connectivity index (χ0n) is 18.3. The molecule has 1 aromatic rings. The Morgan fingerprint density at radius 1 is 1.31 bits per heavy atom. The molecule has 1 aliphatic rings. The number of hydrogen-bond acceptors (Lipinski definition) is 4. The van der Waals surface area contributed by atoms with Crippen molar-refractivity contribution < 1.29 is 22.7 Å². The Hall–Kier alpha value is -1.71. The summed E-state index contributed by atoms with van der Waals surface area (Å²) in [5.41, 5.74) is -1.00. The molecule has 2 rings (SSSR count). The summed E-state index contributed by atoms with van der Waals surface area (Å²) in [4.78, 5) is 14.5. The van der Waals surface area contributed by atoms with Crippen molar-refractivity contribution in [1.82, 2.24) is 10.2 Å². The third-order valence-corrected chi connectivity index (χ3v) is 6.25. The minimum Gasteiger partial charge on any atom is -0.491 e. The highest BCUT2D eigenvalue weighted by atomic mass is 79.9. The highest BCUT2D eigenvalue weighted by Gasteiger charge is 2.50. The van der Waals surface area contributed by atoms with E-state index in [1.54, 1.807) is 18.2 Å². The van der Waals surface area contributed by atoms with Crippen molar-refractivity contribution in [2.45, 2.75) is 33.4 Å². The van der Waals surface area contributed by atoms with Gasteiger partial charge in [-0.3, -0.25) is 4.79 Å². The van der Waals surface area contributed by atoms with Crippen LogP contribution in [0.25, 0.3) is 0 Å². The molecule has 0 saturated heterocycles. The van der Waals surface area contributed by atoms with Crippen LogP contribution in [0.15, 0.2) is 40.5 Å². The fourth-order valence-electron chi connectivity index (χ4n) is 3.08. The second-order valence-electron chi connectivity index (χ2n) is 7.65. The van der Waals surface area contributed by atoms with Crippen molar-refractivity contribution >= 4 is 39.1 Å². The van der Waals surface area contributed by atoms with Gasteiger partial charge in [0.05, 0.1) is 17.0 Å². The third kappa shape index (κ3) is 7.15. The van der Waals surface area contributed by atoms with Gasteiger partial charge in [-0.2, -0.15) is 13.2 Å². The lowest BCUT2D eigenvalue weighted by Gasteiger charge is -2.31. The molecule has 2 N–H and O–H groups in total. The third-order valence-electron chi connectivity index (χ3n) is 5.29. The molecule has 0 spiro atoms. The van der Waals surface area contributed by atoms with Gasteiger partial charge in [0.25, 0.3) is 0 Å². The Balaban J connectivity index is 1.86. The summed E-state index contributed by atoms with van der Waals surface area (Å²) in [5, 5.41) is 5.94. The van der Waals surface area contributed by atoms with E-state index in [2.05, 4.69) is 45.3 Å². The van der Waals surface area contributed by atoms with E-state index in [0.29, 0.717) is 28.8 Å². The molecule has 178 valence electrons. The number of nitrogens with one attached hydrogen (secondary N) is 2. The van der Waals surface area contributed by atoms with Crippen molar-refractivity contribution in [1.29, 1.82) is 0 Å². The summed E-state index contributed by atoms with van der Waals surface area (Å²) < 4.78 is 45.5. The van der Waals surface area contributed by atoms with Gasteiger partial charge in [0, 0.05) is 22.4 Å². The number of ether oxygens (including phenoxy) is 1. The number of nitrogens with zero attached hydrogens (tertiary/aromatic N) is 1. The van der Waals surface area contributed by atoms with Crippen LogP contribution in [-0.4, -0.2) is 49.8 Å². The first-order valence-corrected chi connectivity index (χ1v) is 11.5. The maximum absolute atomic E-state index is 13.2. The lowest BCUT2D eigenvalue weighted by atomic mass is 9.82. The average molecular weight is 539 g/mol. The quantitative estimate of drug-likeness (QED) is 0.400. The van der Waals surface area contributed by atoms with Crippen molar-refractivity contribution in [2.75, 3.05) is 38.1 Å². The highest BCUT2D eigenvalue weighted by molar-refractivity contribution is 9.12. The van der Waals surface area contributed by atoms with Crippen LogP contribution in [0.3, 0.4) is 0 Å². The summed E-state index contributed by atoms with van der Waals surface area (Å²) in [6.07, 6.45) is -2.01. The van der Waals surface area contributed by atoms with Crippen molar-refractivity contribution in [2.24, 2.45) is 5.41 Å². The van der Waals surface area contributed by atoms with Crippen LogP contribution in [-0.2, 0) is 4.79 Å². The number of benzene rings is 1. The number of likely N-dealkylation sites (N-methyl/N-ethyl adjacent to an activating group) is 1. The molecule has 1 aromatic carbocycles. The summed E-state index contributed by atoms with van der Waals surface area (Å²) in [6.45, 7) is 8.36. The van der Waals surface area contributed by atoms with Gasteiger partial charge in [-0.15, -0.1) is 0 Å². The Kier molecular flexibility index (Phi) is 9.48. The monoisotopic (exact) mass is 537 g/mol. The van der Waals surface area contributed by atoms with Crippen LogP contribution in [0.2, 0.25) is 5.02 Å². The van der Waals surface area contributed by atoms with E-state index in [1.807, 2.05) is 0 Å². The van der Waals surface area contributed by atoms with Gasteiger partial charge in [-0.05, 0) is 60.6 Å². The number of amides is 1. The number of anilines is 1. The van der Waals surface area contributed by atoms with E-state index in [-0.39, 0.29) is 23.4 Å². The van der Waals surface area contributed by atoms with Crippen LogP contribution in [0.1, 0.15) is 27.2 Å². The van der Waals surface area contributed by atoms with E-state index in [0.717, 1.165) is 32.6 Å². The molecular formula is C22H28BrClF3N3O2. The molecule has 32 heavy (non-hydrogen) atoms. The van der Waals surface area contributed by atoms with Gasteiger partial charge in [0.2, 0.25) is 5.91 Å². The molecular weight excluding hydrogens is 511 g/mol. The number of carbonyl (C=O) groups excluding carboxylic acids is 1. The number of hydrogen-bond donors (Lipinski definition) is 2. The fraction of sp³-hybridized carbons (Fsp3) is 0.500. The zero-order valence-corrected chi connectivity index (χ0v) is 20.6. The Morgan fingerprint density at radius 3 is 2.56 bits per heavy atom. The molecule has 0 saturated carbocycles. The molecule has 1 unspecified atom stereocenters. The highest BCUT2D eigenvalue weighted by Crippen LogP contribution is 2.46. The first-order valence-electron chi connectivity index (χ1n) is 10.3. The normalized spacial score (nSPS) is 18.8. The maximum Gasteiger partial charge on any atom is 0.397 e. The minimum absolute atomic E-state index is 0.114. The molecule has 0 heterocycles. The number of alkyl halides is 3. The first kappa shape index (κ1) is 26.5. The van der Waals surface area contributed by atoms with E-state index < -0.39 is 11.6 Å². The van der Waals surface area contributed by atoms with Crippen LogP contribution in [0.5, 0.6) is 5.75 Å².